The van der Waals surface area contributed by atoms with Crippen LogP contribution in [0.25, 0.3) is 22.2 Å². The Hall–Kier alpha value is -2.81. The van der Waals surface area contributed by atoms with Crippen molar-refractivity contribution < 1.29 is 13.2 Å². The summed E-state index contributed by atoms with van der Waals surface area (Å²) in [7, 11) is 0. The molecule has 1 N–H and O–H groups in total. The third-order valence-electron chi connectivity index (χ3n) is 3.11. The Bertz CT molecular complexity index is 856. The number of nitrogens with one attached hydrogen (secondary N) is 1. The van der Waals surface area contributed by atoms with Gasteiger partial charge in [-0.3, -0.25) is 0 Å². The van der Waals surface area contributed by atoms with E-state index in [4.69, 9.17) is 5.26 Å². The molecule has 0 bridgehead atoms. The van der Waals surface area contributed by atoms with E-state index >= 15 is 0 Å². The van der Waals surface area contributed by atoms with Gasteiger partial charge in [0.15, 0.2) is 0 Å². The lowest BCUT2D eigenvalue weighted by Gasteiger charge is -2.03. The van der Waals surface area contributed by atoms with Crippen LogP contribution >= 0.6 is 0 Å². The molecule has 2 aromatic carbocycles. The van der Waals surface area contributed by atoms with Crippen LogP contribution in [-0.2, 0) is 6.18 Å². The first-order chi connectivity index (χ1) is 9.99. The van der Waals surface area contributed by atoms with Crippen LogP contribution in [0.4, 0.5) is 13.2 Å². The van der Waals surface area contributed by atoms with Gasteiger partial charge >= 0.3 is 6.18 Å². The average molecular weight is 287 g/mol. The molecule has 0 aliphatic carbocycles. The molecule has 0 spiro atoms. The Morgan fingerprint density at radius 2 is 1.86 bits per heavy atom. The van der Waals surface area contributed by atoms with E-state index in [0.717, 1.165) is 0 Å². The molecule has 0 fully saturated rings. The monoisotopic (exact) mass is 287 g/mol. The number of aromatic amines is 1. The Balaban J connectivity index is 2.16. The van der Waals surface area contributed by atoms with Crippen molar-refractivity contribution >= 4 is 11.0 Å². The standard InChI is InChI=1S/C15H8F3N3/c16-15(17,18)14-20-12-6-5-9(7-13(12)21-14)11-4-2-1-3-10(11)8-19/h1-7H,(H,20,21). The van der Waals surface area contributed by atoms with Crippen LogP contribution < -0.4 is 0 Å². The smallest absolute Gasteiger partial charge is 0.334 e. The van der Waals surface area contributed by atoms with Crippen molar-refractivity contribution in [2.24, 2.45) is 0 Å². The Kier molecular flexibility index (Phi) is 2.91. The number of nitriles is 1. The molecule has 3 nitrogen and oxygen atoms in total. The van der Waals surface area contributed by atoms with Gasteiger partial charge in [-0.05, 0) is 29.3 Å². The van der Waals surface area contributed by atoms with Crippen LogP contribution in [0.5, 0.6) is 0 Å². The predicted molar refractivity (Wildman–Crippen MR) is 71.2 cm³/mol. The van der Waals surface area contributed by atoms with Gasteiger partial charge in [0.25, 0.3) is 0 Å². The van der Waals surface area contributed by atoms with E-state index in [0.29, 0.717) is 16.7 Å². The average Bonchev–Trinajstić information content (AvgIpc) is 2.90. The van der Waals surface area contributed by atoms with Crippen molar-refractivity contribution in [3.63, 3.8) is 0 Å². The number of rotatable bonds is 1. The maximum Gasteiger partial charge on any atom is 0.449 e. The molecule has 6 heteroatoms. The molecule has 21 heavy (non-hydrogen) atoms. The molecule has 0 aliphatic heterocycles. The number of hydrogen-bond donors (Lipinski definition) is 1. The molecule has 0 unspecified atom stereocenters. The van der Waals surface area contributed by atoms with E-state index in [9.17, 15) is 13.2 Å². The molecular weight excluding hydrogens is 279 g/mol. The highest BCUT2D eigenvalue weighted by atomic mass is 19.4. The van der Waals surface area contributed by atoms with Gasteiger partial charge in [0.1, 0.15) is 0 Å². The number of H-pyrrole nitrogens is 1. The highest BCUT2D eigenvalue weighted by molar-refractivity contribution is 5.83. The summed E-state index contributed by atoms with van der Waals surface area (Å²) in [5.74, 6) is -1.02. The van der Waals surface area contributed by atoms with Crippen LogP contribution in [0.1, 0.15) is 11.4 Å². The summed E-state index contributed by atoms with van der Waals surface area (Å²) in [5, 5.41) is 9.08. The maximum absolute atomic E-state index is 12.6. The Morgan fingerprint density at radius 1 is 1.10 bits per heavy atom. The van der Waals surface area contributed by atoms with Crippen LogP contribution in [0.15, 0.2) is 42.5 Å². The number of alkyl halides is 3. The first kappa shape index (κ1) is 13.2. The normalized spacial score (nSPS) is 11.5. The highest BCUT2D eigenvalue weighted by Crippen LogP contribution is 2.31. The van der Waals surface area contributed by atoms with Crippen molar-refractivity contribution in [2.45, 2.75) is 6.18 Å². The molecule has 1 heterocycles. The first-order valence-electron chi connectivity index (χ1n) is 6.05. The van der Waals surface area contributed by atoms with E-state index < -0.39 is 12.0 Å². The highest BCUT2D eigenvalue weighted by Gasteiger charge is 2.34. The lowest BCUT2D eigenvalue weighted by molar-refractivity contribution is -0.144. The van der Waals surface area contributed by atoms with E-state index in [2.05, 4.69) is 16.0 Å². The van der Waals surface area contributed by atoms with Gasteiger partial charge in [-0.1, -0.05) is 24.3 Å². The van der Waals surface area contributed by atoms with Crippen molar-refractivity contribution in [3.05, 3.63) is 53.9 Å². The SMILES string of the molecule is N#Cc1ccccc1-c1ccc2nc(C(F)(F)F)[nH]c2c1. The van der Waals surface area contributed by atoms with Crippen LogP contribution in [-0.4, -0.2) is 9.97 Å². The van der Waals surface area contributed by atoms with Gasteiger partial charge in [-0.2, -0.15) is 18.4 Å². The molecule has 0 amide bonds. The molecular formula is C15H8F3N3. The Labute approximate surface area is 117 Å². The summed E-state index contributed by atoms with van der Waals surface area (Å²) in [4.78, 5) is 5.78. The third kappa shape index (κ3) is 2.34. The fraction of sp³-hybridized carbons (Fsp3) is 0.0667. The zero-order valence-corrected chi connectivity index (χ0v) is 10.6. The second-order valence-corrected chi connectivity index (χ2v) is 4.47. The molecule has 0 saturated heterocycles. The lowest BCUT2D eigenvalue weighted by Crippen LogP contribution is -2.06. The van der Waals surface area contributed by atoms with Crippen LogP contribution in [0, 0.1) is 11.3 Å². The fourth-order valence-corrected chi connectivity index (χ4v) is 2.14. The summed E-state index contributed by atoms with van der Waals surface area (Å²) < 4.78 is 37.9. The number of halogens is 3. The van der Waals surface area contributed by atoms with Gasteiger partial charge in [-0.25, -0.2) is 4.98 Å². The van der Waals surface area contributed by atoms with Crippen molar-refractivity contribution in [2.75, 3.05) is 0 Å². The minimum absolute atomic E-state index is 0.237. The summed E-state index contributed by atoms with van der Waals surface area (Å²) in [6.07, 6.45) is -4.51. The zero-order chi connectivity index (χ0) is 15.0. The number of aromatic nitrogens is 2. The summed E-state index contributed by atoms with van der Waals surface area (Å²) in [6.45, 7) is 0. The lowest BCUT2D eigenvalue weighted by atomic mass is 10.0. The minimum Gasteiger partial charge on any atom is -0.334 e. The van der Waals surface area contributed by atoms with Gasteiger partial charge in [0.05, 0.1) is 22.7 Å². The van der Waals surface area contributed by atoms with Gasteiger partial charge in [-0.15, -0.1) is 0 Å². The van der Waals surface area contributed by atoms with Crippen molar-refractivity contribution in [1.29, 1.82) is 5.26 Å². The van der Waals surface area contributed by atoms with E-state index in [-0.39, 0.29) is 11.0 Å². The van der Waals surface area contributed by atoms with E-state index in [1.54, 1.807) is 36.4 Å². The molecule has 1 aromatic heterocycles. The number of nitrogens with zero attached hydrogens (tertiary/aromatic N) is 2. The minimum atomic E-state index is -4.51. The van der Waals surface area contributed by atoms with Gasteiger partial charge in [0.2, 0.25) is 5.82 Å². The Morgan fingerprint density at radius 3 is 2.57 bits per heavy atom. The fourth-order valence-electron chi connectivity index (χ4n) is 2.14. The molecule has 0 radical (unpaired) electrons. The van der Waals surface area contributed by atoms with Gasteiger partial charge < -0.3 is 4.98 Å². The molecule has 3 rings (SSSR count). The van der Waals surface area contributed by atoms with Crippen molar-refractivity contribution in [3.8, 4) is 17.2 Å². The van der Waals surface area contributed by atoms with Gasteiger partial charge in [0, 0.05) is 0 Å². The quantitative estimate of drug-likeness (QED) is 0.732. The topological polar surface area (TPSA) is 52.5 Å². The first-order valence-corrected chi connectivity index (χ1v) is 6.05. The number of fused-ring (bicyclic) bond motifs is 1. The molecule has 104 valence electrons. The number of hydrogen-bond acceptors (Lipinski definition) is 2. The summed E-state index contributed by atoms with van der Waals surface area (Å²) in [5.41, 5.74) is 2.32. The number of imidazole rings is 1. The van der Waals surface area contributed by atoms with Crippen LogP contribution in [0.2, 0.25) is 0 Å². The number of benzene rings is 2. The summed E-state index contributed by atoms with van der Waals surface area (Å²) >= 11 is 0. The largest absolute Gasteiger partial charge is 0.449 e. The molecule has 0 saturated carbocycles. The van der Waals surface area contributed by atoms with E-state index in [1.807, 2.05) is 0 Å². The predicted octanol–water partition coefficient (Wildman–Crippen LogP) is 4.12. The molecule has 0 atom stereocenters. The molecule has 0 aliphatic rings. The molecule has 3 aromatic rings. The van der Waals surface area contributed by atoms with E-state index in [1.165, 1.54) is 6.07 Å². The third-order valence-corrected chi connectivity index (χ3v) is 3.11. The second-order valence-electron chi connectivity index (χ2n) is 4.47. The zero-order valence-electron chi connectivity index (χ0n) is 10.6. The van der Waals surface area contributed by atoms with Crippen molar-refractivity contribution in [1.82, 2.24) is 9.97 Å². The maximum atomic E-state index is 12.6. The van der Waals surface area contributed by atoms with Crippen LogP contribution in [0.3, 0.4) is 0 Å². The summed E-state index contributed by atoms with van der Waals surface area (Å²) in [6, 6.07) is 13.7. The second kappa shape index (κ2) is 4.63.